The van der Waals surface area contributed by atoms with Gasteiger partial charge in [-0.1, -0.05) is 34.8 Å². The first kappa shape index (κ1) is 9.65. The summed E-state index contributed by atoms with van der Waals surface area (Å²) < 4.78 is 19.0. The lowest BCUT2D eigenvalue weighted by Gasteiger charge is -1.98. The van der Waals surface area contributed by atoms with Gasteiger partial charge in [0.1, 0.15) is 0 Å². The summed E-state index contributed by atoms with van der Waals surface area (Å²) in [5.41, 5.74) is 0. The zero-order valence-corrected chi connectivity index (χ0v) is 7.01. The average molecular weight is 210 g/mol. The molecule has 0 aliphatic rings. The molecule has 0 fully saturated rings. The van der Waals surface area contributed by atoms with Crippen molar-refractivity contribution in [3.05, 3.63) is 0 Å². The summed E-state index contributed by atoms with van der Waals surface area (Å²) in [6.07, 6.45) is 0.758. The van der Waals surface area contributed by atoms with Crippen LogP contribution in [0.1, 0.15) is 0 Å². The second-order valence-electron chi connectivity index (χ2n) is 1.01. The van der Waals surface area contributed by atoms with Gasteiger partial charge in [-0.15, -0.1) is 0 Å². The molecule has 7 heteroatoms. The third-order valence-corrected chi connectivity index (χ3v) is 0.868. The lowest BCUT2D eigenvalue weighted by Crippen LogP contribution is -2.03. The number of hydrogen-bond acceptors (Lipinski definition) is 1. The van der Waals surface area contributed by atoms with Crippen molar-refractivity contribution in [1.29, 1.82) is 0 Å². The van der Waals surface area contributed by atoms with Gasteiger partial charge in [-0.25, -0.2) is 4.21 Å². The molecule has 0 aliphatic heterocycles. The highest BCUT2D eigenvalue weighted by molar-refractivity contribution is 7.78. The van der Waals surface area contributed by atoms with E-state index in [2.05, 4.69) is 4.40 Å². The maximum Gasteiger partial charge on any atom is 0.281 e. The largest absolute Gasteiger partial charge is 0.288 e. The Bertz CT molecular complexity index is 141. The lowest BCUT2D eigenvalue weighted by molar-refractivity contribution is 0.566. The molecule has 0 spiro atoms. The normalized spacial score (nSPS) is 16.4. The van der Waals surface area contributed by atoms with Crippen LogP contribution < -0.4 is 0 Å². The van der Waals surface area contributed by atoms with E-state index in [1.807, 2.05) is 0 Å². The van der Waals surface area contributed by atoms with E-state index < -0.39 is 15.1 Å². The van der Waals surface area contributed by atoms with E-state index in [-0.39, 0.29) is 0 Å². The van der Waals surface area contributed by atoms with Crippen molar-refractivity contribution in [2.45, 2.75) is 3.79 Å². The Morgan fingerprint density at radius 1 is 1.56 bits per heavy atom. The molecule has 0 rings (SSSR count). The van der Waals surface area contributed by atoms with E-state index in [0.717, 1.165) is 6.21 Å². The molecule has 1 unspecified atom stereocenters. The number of nitrogens with zero attached hydrogens (tertiary/aromatic N) is 1. The predicted octanol–water partition coefficient (Wildman–Crippen LogP) is 1.56. The van der Waals surface area contributed by atoms with Gasteiger partial charge >= 0.3 is 0 Å². The van der Waals surface area contributed by atoms with E-state index in [1.54, 1.807) is 0 Å². The summed E-state index contributed by atoms with van der Waals surface area (Å²) >= 11 is 13.0. The highest BCUT2D eigenvalue weighted by Gasteiger charge is 2.15. The summed E-state index contributed by atoms with van der Waals surface area (Å²) in [4.78, 5) is 0. The van der Waals surface area contributed by atoms with Crippen molar-refractivity contribution in [2.75, 3.05) is 0 Å². The van der Waals surface area contributed by atoms with Crippen LogP contribution in [0.4, 0.5) is 0 Å². The van der Waals surface area contributed by atoms with Crippen LogP contribution in [0.2, 0.25) is 0 Å². The molecule has 0 heterocycles. The Morgan fingerprint density at radius 3 is 2.11 bits per heavy atom. The molecule has 54 valence electrons. The fourth-order valence-electron chi connectivity index (χ4n) is 0.105. The molecule has 3 nitrogen and oxygen atoms in total. The van der Waals surface area contributed by atoms with Crippen LogP contribution in [0.5, 0.6) is 0 Å². The van der Waals surface area contributed by atoms with Crippen molar-refractivity contribution in [2.24, 2.45) is 4.40 Å². The van der Waals surface area contributed by atoms with E-state index in [4.69, 9.17) is 39.4 Å². The Labute approximate surface area is 69.4 Å². The van der Waals surface area contributed by atoms with E-state index in [9.17, 15) is 4.21 Å². The summed E-state index contributed by atoms with van der Waals surface area (Å²) in [7, 11) is 0. The minimum absolute atomic E-state index is 0.758. The molecule has 0 radical (unpaired) electrons. The third-order valence-electron chi connectivity index (χ3n) is 0.289. The van der Waals surface area contributed by atoms with Gasteiger partial charge in [0.05, 0.1) is 6.21 Å². The first-order valence-corrected chi connectivity index (χ1v) is 3.84. The second-order valence-corrected chi connectivity index (χ2v) is 4.05. The Kier molecular flexibility index (Phi) is 4.00. The Balaban J connectivity index is 3.86. The van der Waals surface area contributed by atoms with Crippen LogP contribution in [0.15, 0.2) is 4.40 Å². The van der Waals surface area contributed by atoms with Gasteiger partial charge in [0, 0.05) is 0 Å². The first-order valence-electron chi connectivity index (χ1n) is 1.65. The van der Waals surface area contributed by atoms with Gasteiger partial charge in [0.2, 0.25) is 3.79 Å². The summed E-state index contributed by atoms with van der Waals surface area (Å²) in [5, 5.41) is 0. The minimum atomic E-state index is -2.30. The molecule has 9 heavy (non-hydrogen) atoms. The molecule has 0 bridgehead atoms. The SMILES string of the molecule is O=S(O)N=CC(Cl)(Cl)Cl. The molecule has 0 aromatic heterocycles. The third kappa shape index (κ3) is 8.65. The molecule has 0 aromatic rings. The second kappa shape index (κ2) is 3.73. The molecular formula is C2H2Cl3NO2S. The van der Waals surface area contributed by atoms with Crippen molar-refractivity contribution < 1.29 is 8.76 Å². The number of hydrogen-bond donors (Lipinski definition) is 1. The molecule has 0 saturated carbocycles. The summed E-state index contributed by atoms with van der Waals surface area (Å²) in [5.74, 6) is 0. The van der Waals surface area contributed by atoms with Gasteiger partial charge < -0.3 is 0 Å². The summed E-state index contributed by atoms with van der Waals surface area (Å²) in [6, 6.07) is 0. The fourth-order valence-corrected chi connectivity index (χ4v) is 0.673. The van der Waals surface area contributed by atoms with Gasteiger partial charge in [-0.05, 0) is 0 Å². The van der Waals surface area contributed by atoms with Crippen LogP contribution in [0.25, 0.3) is 0 Å². The Hall–Kier alpha value is 0.650. The molecule has 0 saturated heterocycles. The highest BCUT2D eigenvalue weighted by Crippen LogP contribution is 2.22. The number of alkyl halides is 3. The van der Waals surface area contributed by atoms with Gasteiger partial charge in [-0.3, -0.25) is 4.55 Å². The standard InChI is InChI=1S/C2H2Cl3NO2S/c3-2(4,5)1-6-9(7)8/h1H,(H,7,8). The van der Waals surface area contributed by atoms with Gasteiger partial charge in [0.25, 0.3) is 11.3 Å². The van der Waals surface area contributed by atoms with Crippen molar-refractivity contribution >= 4 is 52.3 Å². The fraction of sp³-hybridized carbons (Fsp3) is 0.500. The van der Waals surface area contributed by atoms with Crippen LogP contribution in [-0.2, 0) is 11.3 Å². The van der Waals surface area contributed by atoms with E-state index in [1.165, 1.54) is 0 Å². The van der Waals surface area contributed by atoms with E-state index >= 15 is 0 Å². The van der Waals surface area contributed by atoms with Crippen molar-refractivity contribution in [3.8, 4) is 0 Å². The highest BCUT2D eigenvalue weighted by atomic mass is 35.6. The minimum Gasteiger partial charge on any atom is -0.288 e. The van der Waals surface area contributed by atoms with Gasteiger partial charge in [-0.2, -0.15) is 4.40 Å². The lowest BCUT2D eigenvalue weighted by atomic mass is 10.9. The topological polar surface area (TPSA) is 49.7 Å². The number of rotatable bonds is 1. The maximum absolute atomic E-state index is 9.78. The quantitative estimate of drug-likeness (QED) is 0.406. The number of halogens is 3. The molecule has 0 amide bonds. The van der Waals surface area contributed by atoms with Crippen LogP contribution in [0.3, 0.4) is 0 Å². The van der Waals surface area contributed by atoms with Gasteiger partial charge in [0.15, 0.2) is 0 Å². The molecule has 1 atom stereocenters. The van der Waals surface area contributed by atoms with E-state index in [0.29, 0.717) is 0 Å². The van der Waals surface area contributed by atoms with Crippen LogP contribution in [0, 0.1) is 0 Å². The molecular weight excluding hydrogens is 208 g/mol. The first-order chi connectivity index (χ1) is 3.92. The maximum atomic E-state index is 9.78. The zero-order valence-electron chi connectivity index (χ0n) is 3.92. The van der Waals surface area contributed by atoms with Crippen LogP contribution >= 0.6 is 34.8 Å². The molecule has 0 aromatic carbocycles. The zero-order chi connectivity index (χ0) is 7.49. The Morgan fingerprint density at radius 2 is 2.00 bits per heavy atom. The monoisotopic (exact) mass is 209 g/mol. The van der Waals surface area contributed by atoms with Crippen molar-refractivity contribution in [3.63, 3.8) is 0 Å². The van der Waals surface area contributed by atoms with Crippen LogP contribution in [-0.4, -0.2) is 18.8 Å². The smallest absolute Gasteiger partial charge is 0.281 e. The predicted molar refractivity (Wildman–Crippen MR) is 39.6 cm³/mol. The summed E-state index contributed by atoms with van der Waals surface area (Å²) in [6.45, 7) is 0. The van der Waals surface area contributed by atoms with Crippen molar-refractivity contribution in [1.82, 2.24) is 0 Å². The molecule has 0 aliphatic carbocycles. The molecule has 1 N–H and O–H groups in total. The average Bonchev–Trinajstić information content (AvgIpc) is 1.59.